The van der Waals surface area contributed by atoms with Gasteiger partial charge in [0.1, 0.15) is 0 Å². The van der Waals surface area contributed by atoms with E-state index in [2.05, 4.69) is 11.8 Å². The molecule has 82 valence electrons. The third kappa shape index (κ3) is 5.22. The van der Waals surface area contributed by atoms with Gasteiger partial charge in [-0.25, -0.2) is 0 Å². The van der Waals surface area contributed by atoms with Crippen LogP contribution in [0.1, 0.15) is 39.0 Å². The highest BCUT2D eigenvalue weighted by Crippen LogP contribution is 2.29. The Morgan fingerprint density at radius 2 is 2.14 bits per heavy atom. The number of hydrogen-bond donors (Lipinski definition) is 2. The van der Waals surface area contributed by atoms with Crippen LogP contribution in [0.4, 0.5) is 0 Å². The fourth-order valence-electron chi connectivity index (χ4n) is 1.69. The molecule has 0 aromatic rings. The molecule has 1 aliphatic rings. The van der Waals surface area contributed by atoms with E-state index in [1.165, 1.54) is 32.4 Å². The molecule has 1 rings (SSSR count). The van der Waals surface area contributed by atoms with Crippen LogP contribution in [0.5, 0.6) is 0 Å². The lowest BCUT2D eigenvalue weighted by Gasteiger charge is -2.19. The molecule has 0 amide bonds. The maximum atomic E-state index is 7.11. The molecule has 14 heavy (non-hydrogen) atoms. The number of nitrogens with zero attached hydrogens (tertiary/aromatic N) is 1. The Morgan fingerprint density at radius 1 is 1.43 bits per heavy atom. The van der Waals surface area contributed by atoms with E-state index in [0.717, 1.165) is 25.3 Å². The van der Waals surface area contributed by atoms with Crippen molar-refractivity contribution in [2.75, 3.05) is 19.6 Å². The summed E-state index contributed by atoms with van der Waals surface area (Å²) in [5, 5.41) is 7.11. The molecule has 3 heteroatoms. The van der Waals surface area contributed by atoms with Crippen LogP contribution in [-0.4, -0.2) is 30.4 Å². The van der Waals surface area contributed by atoms with Crippen molar-refractivity contribution >= 4 is 5.84 Å². The minimum absolute atomic E-state index is 0.329. The van der Waals surface area contributed by atoms with E-state index >= 15 is 0 Å². The molecule has 0 aliphatic heterocycles. The lowest BCUT2D eigenvalue weighted by atomic mass is 10.2. The van der Waals surface area contributed by atoms with Gasteiger partial charge in [0.25, 0.3) is 0 Å². The predicted molar refractivity (Wildman–Crippen MR) is 60.6 cm³/mol. The van der Waals surface area contributed by atoms with Crippen LogP contribution in [0, 0.1) is 11.3 Å². The lowest BCUT2D eigenvalue weighted by Crippen LogP contribution is -2.27. The van der Waals surface area contributed by atoms with Crippen LogP contribution < -0.4 is 5.73 Å². The number of amidine groups is 1. The van der Waals surface area contributed by atoms with Gasteiger partial charge in [-0.1, -0.05) is 6.92 Å². The van der Waals surface area contributed by atoms with Crippen LogP contribution in [-0.2, 0) is 0 Å². The fourth-order valence-corrected chi connectivity index (χ4v) is 1.69. The highest BCUT2D eigenvalue weighted by molar-refractivity contribution is 5.76. The molecule has 0 aromatic heterocycles. The minimum atomic E-state index is 0.329. The fraction of sp³-hybridized carbons (Fsp3) is 0.909. The zero-order valence-electron chi connectivity index (χ0n) is 9.26. The Bertz CT molecular complexity index is 175. The quantitative estimate of drug-likeness (QED) is 0.354. The molecule has 1 fully saturated rings. The molecule has 3 nitrogen and oxygen atoms in total. The van der Waals surface area contributed by atoms with E-state index in [1.807, 2.05) is 0 Å². The summed E-state index contributed by atoms with van der Waals surface area (Å²) in [4.78, 5) is 2.53. The molecule has 0 heterocycles. The molecule has 1 saturated carbocycles. The van der Waals surface area contributed by atoms with Gasteiger partial charge < -0.3 is 10.6 Å². The second kappa shape index (κ2) is 6.02. The number of hydrogen-bond acceptors (Lipinski definition) is 2. The zero-order valence-corrected chi connectivity index (χ0v) is 9.26. The highest BCUT2D eigenvalue weighted by atomic mass is 15.1. The minimum Gasteiger partial charge on any atom is -0.388 e. The van der Waals surface area contributed by atoms with Crippen LogP contribution in [0.3, 0.4) is 0 Å². The molecule has 1 aliphatic carbocycles. The van der Waals surface area contributed by atoms with Gasteiger partial charge in [-0.05, 0) is 44.7 Å². The second-order valence-corrected chi connectivity index (χ2v) is 4.32. The molecular weight excluding hydrogens is 174 g/mol. The maximum Gasteiger partial charge on any atom is 0.0905 e. The highest BCUT2D eigenvalue weighted by Gasteiger charge is 2.23. The van der Waals surface area contributed by atoms with Crippen molar-refractivity contribution in [1.82, 2.24) is 4.90 Å². The molecule has 0 unspecified atom stereocenters. The topological polar surface area (TPSA) is 53.1 Å². The largest absolute Gasteiger partial charge is 0.388 e. The number of nitrogens with one attached hydrogen (secondary N) is 1. The Labute approximate surface area is 87.2 Å². The molecule has 0 radical (unpaired) electrons. The Hall–Kier alpha value is -0.570. The summed E-state index contributed by atoms with van der Waals surface area (Å²) in [5.41, 5.74) is 5.30. The van der Waals surface area contributed by atoms with Crippen molar-refractivity contribution in [1.29, 1.82) is 5.41 Å². The first-order valence-corrected chi connectivity index (χ1v) is 5.77. The van der Waals surface area contributed by atoms with Gasteiger partial charge in [0.15, 0.2) is 0 Å². The SMILES string of the molecule is CCN(CCCCC(=N)N)CC1CC1. The summed E-state index contributed by atoms with van der Waals surface area (Å²) in [6.07, 6.45) is 5.88. The summed E-state index contributed by atoms with van der Waals surface area (Å²) in [6, 6.07) is 0. The average Bonchev–Trinajstić information content (AvgIpc) is 2.93. The predicted octanol–water partition coefficient (Wildman–Crippen LogP) is 1.82. The number of nitrogens with two attached hydrogens (primary N) is 1. The van der Waals surface area contributed by atoms with Gasteiger partial charge >= 0.3 is 0 Å². The molecule has 3 N–H and O–H groups in total. The summed E-state index contributed by atoms with van der Waals surface area (Å²) in [6.45, 7) is 5.86. The molecule has 0 spiro atoms. The second-order valence-electron chi connectivity index (χ2n) is 4.32. The molecule has 0 saturated heterocycles. The Kier molecular flexibility index (Phi) is 4.94. The Morgan fingerprint density at radius 3 is 2.64 bits per heavy atom. The van der Waals surface area contributed by atoms with E-state index in [-0.39, 0.29) is 0 Å². The van der Waals surface area contributed by atoms with E-state index in [0.29, 0.717) is 5.84 Å². The van der Waals surface area contributed by atoms with Crippen LogP contribution in [0.15, 0.2) is 0 Å². The van der Waals surface area contributed by atoms with Crippen molar-refractivity contribution in [3.05, 3.63) is 0 Å². The molecule has 0 bridgehead atoms. The number of rotatable bonds is 8. The summed E-state index contributed by atoms with van der Waals surface area (Å²) < 4.78 is 0. The third-order valence-corrected chi connectivity index (χ3v) is 2.83. The van der Waals surface area contributed by atoms with Crippen LogP contribution in [0.25, 0.3) is 0 Å². The maximum absolute atomic E-state index is 7.11. The van der Waals surface area contributed by atoms with E-state index in [4.69, 9.17) is 11.1 Å². The standard InChI is InChI=1S/C11H23N3/c1-2-14(9-10-6-7-10)8-4-3-5-11(12)13/h10H,2-9H2,1H3,(H3,12,13). The van der Waals surface area contributed by atoms with Crippen LogP contribution >= 0.6 is 0 Å². The zero-order chi connectivity index (χ0) is 10.4. The van der Waals surface area contributed by atoms with Gasteiger partial charge in [-0.3, -0.25) is 5.41 Å². The third-order valence-electron chi connectivity index (χ3n) is 2.83. The monoisotopic (exact) mass is 197 g/mol. The van der Waals surface area contributed by atoms with Crippen LogP contribution in [0.2, 0.25) is 0 Å². The van der Waals surface area contributed by atoms with Gasteiger partial charge in [-0.2, -0.15) is 0 Å². The van der Waals surface area contributed by atoms with E-state index < -0.39 is 0 Å². The van der Waals surface area contributed by atoms with E-state index in [9.17, 15) is 0 Å². The van der Waals surface area contributed by atoms with Gasteiger partial charge in [-0.15, -0.1) is 0 Å². The van der Waals surface area contributed by atoms with Crippen molar-refractivity contribution in [3.63, 3.8) is 0 Å². The van der Waals surface area contributed by atoms with Crippen molar-refractivity contribution in [3.8, 4) is 0 Å². The van der Waals surface area contributed by atoms with Gasteiger partial charge in [0, 0.05) is 13.0 Å². The van der Waals surface area contributed by atoms with Gasteiger partial charge in [0.05, 0.1) is 5.84 Å². The first-order valence-electron chi connectivity index (χ1n) is 5.77. The normalized spacial score (nSPS) is 16.1. The summed E-state index contributed by atoms with van der Waals surface area (Å²) >= 11 is 0. The van der Waals surface area contributed by atoms with Gasteiger partial charge in [0.2, 0.25) is 0 Å². The van der Waals surface area contributed by atoms with E-state index in [1.54, 1.807) is 0 Å². The first kappa shape index (κ1) is 11.5. The molecule has 0 aromatic carbocycles. The average molecular weight is 197 g/mol. The Balaban J connectivity index is 1.98. The van der Waals surface area contributed by atoms with Crippen molar-refractivity contribution in [2.45, 2.75) is 39.0 Å². The van der Waals surface area contributed by atoms with Crippen molar-refractivity contribution < 1.29 is 0 Å². The summed E-state index contributed by atoms with van der Waals surface area (Å²) in [7, 11) is 0. The smallest absolute Gasteiger partial charge is 0.0905 e. The molecular formula is C11H23N3. The molecule has 0 atom stereocenters. The lowest BCUT2D eigenvalue weighted by molar-refractivity contribution is 0.271. The number of unbranched alkanes of at least 4 members (excludes halogenated alkanes) is 1. The summed E-state index contributed by atoms with van der Waals surface area (Å²) in [5.74, 6) is 1.32. The first-order chi connectivity index (χ1) is 6.72. The van der Waals surface area contributed by atoms with Crippen molar-refractivity contribution in [2.24, 2.45) is 11.7 Å².